The van der Waals surface area contributed by atoms with Gasteiger partial charge in [0.2, 0.25) is 5.54 Å². The minimum absolute atomic E-state index is 0.00530. The Hall–Kier alpha value is -2.16. The van der Waals surface area contributed by atoms with Crippen LogP contribution in [0, 0.1) is 12.7 Å². The maximum Gasteiger partial charge on any atom is 0.425 e. The van der Waals surface area contributed by atoms with Crippen molar-refractivity contribution in [1.82, 2.24) is 10.4 Å². The number of alkyl halides is 3. The lowest BCUT2D eigenvalue weighted by molar-refractivity contribution is -0.209. The van der Waals surface area contributed by atoms with Crippen molar-refractivity contribution in [3.8, 4) is 0 Å². The number of hydroxylamine groups is 2. The number of hydrogen-bond acceptors (Lipinski definition) is 3. The zero-order valence-corrected chi connectivity index (χ0v) is 11.6. The van der Waals surface area contributed by atoms with Crippen molar-refractivity contribution in [2.75, 3.05) is 6.61 Å². The Bertz CT molecular complexity index is 632. The van der Waals surface area contributed by atoms with Gasteiger partial charge in [0.1, 0.15) is 5.82 Å². The van der Waals surface area contributed by atoms with E-state index >= 15 is 0 Å². The largest absolute Gasteiger partial charge is 0.425 e. The highest BCUT2D eigenvalue weighted by Gasteiger charge is 2.69. The van der Waals surface area contributed by atoms with E-state index in [1.165, 1.54) is 13.8 Å². The van der Waals surface area contributed by atoms with E-state index < -0.39 is 35.0 Å². The highest BCUT2D eigenvalue weighted by Crippen LogP contribution is 2.44. The van der Waals surface area contributed by atoms with Crippen LogP contribution in [-0.4, -0.2) is 29.8 Å². The van der Waals surface area contributed by atoms with Crippen LogP contribution in [-0.2, 0) is 15.2 Å². The fourth-order valence-electron chi connectivity index (χ4n) is 2.28. The van der Waals surface area contributed by atoms with Crippen molar-refractivity contribution >= 4 is 11.9 Å². The van der Waals surface area contributed by atoms with E-state index in [-0.39, 0.29) is 17.2 Å². The molecule has 1 fully saturated rings. The molecular formula is C13H12F4N2O3. The normalized spacial score (nSPS) is 22.2. The predicted octanol–water partition coefficient (Wildman–Crippen LogP) is 2.40. The van der Waals surface area contributed by atoms with Crippen LogP contribution in [0.4, 0.5) is 22.4 Å². The second-order valence-corrected chi connectivity index (χ2v) is 4.65. The molecule has 9 heteroatoms. The third-order valence-corrected chi connectivity index (χ3v) is 3.27. The summed E-state index contributed by atoms with van der Waals surface area (Å²) in [6, 6.07) is 1.29. The van der Waals surface area contributed by atoms with Crippen molar-refractivity contribution in [2.24, 2.45) is 0 Å². The number of hydrogen-bond donors (Lipinski definition) is 1. The fraction of sp³-hybridized carbons (Fsp3) is 0.385. The summed E-state index contributed by atoms with van der Waals surface area (Å²) in [7, 11) is 0. The third-order valence-electron chi connectivity index (χ3n) is 3.27. The van der Waals surface area contributed by atoms with Crippen molar-refractivity contribution in [3.05, 3.63) is 35.1 Å². The first-order valence-electron chi connectivity index (χ1n) is 6.28. The molecule has 1 aliphatic heterocycles. The lowest BCUT2D eigenvalue weighted by Gasteiger charge is -2.30. The van der Waals surface area contributed by atoms with E-state index in [1.807, 2.05) is 0 Å². The maximum absolute atomic E-state index is 13.6. The second-order valence-electron chi connectivity index (χ2n) is 4.65. The Kier molecular flexibility index (Phi) is 3.86. The number of nitrogens with zero attached hydrogens (tertiary/aromatic N) is 1. The predicted molar refractivity (Wildman–Crippen MR) is 65.9 cm³/mol. The molecule has 1 aromatic carbocycles. The first-order chi connectivity index (χ1) is 10.1. The minimum atomic E-state index is -5.18. The van der Waals surface area contributed by atoms with Crippen molar-refractivity contribution in [3.63, 3.8) is 0 Å². The number of carbonyl (C=O) groups is 2. The number of halogens is 4. The summed E-state index contributed by atoms with van der Waals surface area (Å²) < 4.78 is 54.2. The number of rotatable bonds is 3. The summed E-state index contributed by atoms with van der Waals surface area (Å²) in [6.07, 6.45) is -5.18. The number of amides is 3. The summed E-state index contributed by atoms with van der Waals surface area (Å²) in [4.78, 5) is 28.5. The zero-order chi connectivity index (χ0) is 16.7. The smallest absolute Gasteiger partial charge is 0.310 e. The molecule has 0 bridgehead atoms. The molecule has 2 rings (SSSR count). The summed E-state index contributed by atoms with van der Waals surface area (Å²) in [5, 5.41) is 1.61. The fourth-order valence-corrected chi connectivity index (χ4v) is 2.28. The summed E-state index contributed by atoms with van der Waals surface area (Å²) in [6.45, 7) is 2.50. The number of nitrogens with one attached hydrogen (secondary N) is 1. The highest BCUT2D eigenvalue weighted by atomic mass is 19.4. The molecule has 1 heterocycles. The molecule has 1 N–H and O–H groups in total. The van der Waals surface area contributed by atoms with Crippen LogP contribution in [0.15, 0.2) is 18.2 Å². The number of aryl methyl sites for hydroxylation is 1. The lowest BCUT2D eigenvalue weighted by Crippen LogP contribution is -2.56. The van der Waals surface area contributed by atoms with Crippen molar-refractivity contribution in [1.29, 1.82) is 0 Å². The van der Waals surface area contributed by atoms with E-state index in [4.69, 9.17) is 0 Å². The highest BCUT2D eigenvalue weighted by molar-refractivity contribution is 6.07. The van der Waals surface area contributed by atoms with Crippen molar-refractivity contribution in [2.45, 2.75) is 25.6 Å². The Morgan fingerprint density at radius 1 is 1.32 bits per heavy atom. The van der Waals surface area contributed by atoms with E-state index in [9.17, 15) is 27.2 Å². The van der Waals surface area contributed by atoms with Crippen LogP contribution < -0.4 is 5.32 Å². The van der Waals surface area contributed by atoms with Gasteiger partial charge in [-0.05, 0) is 31.5 Å². The molecule has 1 aromatic rings. The molecule has 0 spiro atoms. The monoisotopic (exact) mass is 320 g/mol. The van der Waals surface area contributed by atoms with Crippen LogP contribution >= 0.6 is 0 Å². The molecule has 5 nitrogen and oxygen atoms in total. The standard InChI is InChI=1S/C13H12F4N2O3/c1-3-22-19-10(20)12(13(15,16)17,18-11(19)21)9-6-8(14)5-4-7(9)2/h4-6H,3H2,1-2H3,(H,18,21). The Labute approximate surface area is 122 Å². The molecule has 3 amide bonds. The molecule has 0 aliphatic carbocycles. The van der Waals surface area contributed by atoms with Gasteiger partial charge in [-0.15, -0.1) is 5.06 Å². The van der Waals surface area contributed by atoms with Crippen molar-refractivity contribution < 1.29 is 32.0 Å². The van der Waals surface area contributed by atoms with Gasteiger partial charge in [-0.2, -0.15) is 13.2 Å². The molecule has 1 atom stereocenters. The van der Waals surface area contributed by atoms with Gasteiger partial charge in [-0.1, -0.05) is 6.07 Å². The van der Waals surface area contributed by atoms with Gasteiger partial charge in [-0.3, -0.25) is 9.63 Å². The number of benzene rings is 1. The third kappa shape index (κ3) is 2.21. The van der Waals surface area contributed by atoms with E-state index in [2.05, 4.69) is 4.84 Å². The topological polar surface area (TPSA) is 58.6 Å². The Morgan fingerprint density at radius 2 is 1.95 bits per heavy atom. The van der Waals surface area contributed by atoms with Crippen LogP contribution in [0.1, 0.15) is 18.1 Å². The Balaban J connectivity index is 2.69. The van der Waals surface area contributed by atoms with Crippen LogP contribution in [0.2, 0.25) is 0 Å². The summed E-state index contributed by atoms with van der Waals surface area (Å²) >= 11 is 0. The van der Waals surface area contributed by atoms with E-state index in [1.54, 1.807) is 5.32 Å². The molecular weight excluding hydrogens is 308 g/mol. The summed E-state index contributed by atoms with van der Waals surface area (Å²) in [5.41, 5.74) is -4.04. The van der Waals surface area contributed by atoms with Gasteiger partial charge in [0.05, 0.1) is 6.61 Å². The number of carbonyl (C=O) groups excluding carboxylic acids is 2. The molecule has 1 unspecified atom stereocenters. The molecule has 1 aliphatic rings. The molecule has 1 saturated heterocycles. The van der Waals surface area contributed by atoms with Gasteiger partial charge in [-0.25, -0.2) is 9.18 Å². The molecule has 22 heavy (non-hydrogen) atoms. The van der Waals surface area contributed by atoms with Gasteiger partial charge < -0.3 is 5.32 Å². The van der Waals surface area contributed by atoms with Gasteiger partial charge in [0, 0.05) is 5.56 Å². The van der Waals surface area contributed by atoms with Crippen LogP contribution in [0.25, 0.3) is 0 Å². The minimum Gasteiger partial charge on any atom is -0.310 e. The number of urea groups is 1. The summed E-state index contributed by atoms with van der Waals surface area (Å²) in [5.74, 6) is -2.61. The average molecular weight is 320 g/mol. The lowest BCUT2D eigenvalue weighted by atomic mass is 9.86. The SMILES string of the molecule is CCON1C(=O)NC(c2cc(F)ccc2C)(C(F)(F)F)C1=O. The van der Waals surface area contributed by atoms with E-state index in [0.717, 1.165) is 12.1 Å². The second kappa shape index (κ2) is 5.24. The quantitative estimate of drug-likeness (QED) is 0.687. The molecule has 0 aromatic heterocycles. The average Bonchev–Trinajstić information content (AvgIpc) is 2.67. The van der Waals surface area contributed by atoms with Crippen LogP contribution in [0.5, 0.6) is 0 Å². The molecule has 120 valence electrons. The zero-order valence-electron chi connectivity index (χ0n) is 11.6. The first kappa shape index (κ1) is 16.2. The van der Waals surface area contributed by atoms with Gasteiger partial charge in [0.15, 0.2) is 0 Å². The number of imide groups is 1. The molecule has 0 saturated carbocycles. The van der Waals surface area contributed by atoms with Gasteiger partial charge >= 0.3 is 12.2 Å². The van der Waals surface area contributed by atoms with Crippen LogP contribution in [0.3, 0.4) is 0 Å². The van der Waals surface area contributed by atoms with Gasteiger partial charge in [0.25, 0.3) is 5.91 Å². The van der Waals surface area contributed by atoms with E-state index in [0.29, 0.717) is 6.07 Å². The maximum atomic E-state index is 13.6. The molecule has 0 radical (unpaired) electrons. The Morgan fingerprint density at radius 3 is 2.50 bits per heavy atom. The first-order valence-corrected chi connectivity index (χ1v) is 6.28.